The number of fused-ring (bicyclic) bond motifs is 2. The molecule has 3 heteroatoms. The minimum absolute atomic E-state index is 0.303. The van der Waals surface area contributed by atoms with Gasteiger partial charge in [-0.15, -0.1) is 0 Å². The molecule has 0 N–H and O–H groups in total. The quantitative estimate of drug-likeness (QED) is 0.471. The van der Waals surface area contributed by atoms with Gasteiger partial charge in [0.15, 0.2) is 0 Å². The lowest BCUT2D eigenvalue weighted by atomic mass is 9.98. The molecule has 0 fully saturated rings. The number of aryl methyl sites for hydroxylation is 2. The molecule has 4 aromatic rings. The van der Waals surface area contributed by atoms with Crippen LogP contribution in [0.5, 0.6) is 0 Å². The Bertz CT molecular complexity index is 1080. The summed E-state index contributed by atoms with van der Waals surface area (Å²) in [6.45, 7) is 4.06. The van der Waals surface area contributed by atoms with E-state index in [0.29, 0.717) is 5.58 Å². The van der Waals surface area contributed by atoms with Crippen LogP contribution in [0.4, 0.5) is 0 Å². The molecule has 2 heterocycles. The molecule has 2 aromatic heterocycles. The zero-order valence-electron chi connectivity index (χ0n) is 13.8. The van der Waals surface area contributed by atoms with Gasteiger partial charge in [-0.2, -0.15) is 0 Å². The second-order valence-corrected chi connectivity index (χ2v) is 6.11. The fourth-order valence-corrected chi connectivity index (χ4v) is 3.35. The molecule has 0 saturated heterocycles. The Labute approximate surface area is 139 Å². The van der Waals surface area contributed by atoms with Gasteiger partial charge in [0.2, 0.25) is 0 Å². The summed E-state index contributed by atoms with van der Waals surface area (Å²) in [6, 6.07) is 13.9. The van der Waals surface area contributed by atoms with Crippen molar-refractivity contribution in [1.82, 2.24) is 0 Å². The van der Waals surface area contributed by atoms with E-state index in [-0.39, 0.29) is 5.63 Å². The summed E-state index contributed by atoms with van der Waals surface area (Å²) in [5.41, 5.74) is 5.19. The van der Waals surface area contributed by atoms with Crippen LogP contribution >= 0.6 is 0 Å². The van der Waals surface area contributed by atoms with E-state index in [2.05, 4.69) is 25.1 Å². The predicted octanol–water partition coefficient (Wildman–Crippen LogP) is 5.47. The molecule has 0 bridgehead atoms. The average molecular weight is 318 g/mol. The molecule has 0 radical (unpaired) electrons. The summed E-state index contributed by atoms with van der Waals surface area (Å²) in [5, 5.41) is 2.05. The van der Waals surface area contributed by atoms with E-state index >= 15 is 0 Å². The van der Waals surface area contributed by atoms with Crippen LogP contribution in [0.3, 0.4) is 0 Å². The van der Waals surface area contributed by atoms with Crippen LogP contribution in [0.15, 0.2) is 62.4 Å². The van der Waals surface area contributed by atoms with E-state index < -0.39 is 0 Å². The Hall–Kier alpha value is -2.81. The molecular weight excluding hydrogens is 300 g/mol. The number of furan rings is 1. The van der Waals surface area contributed by atoms with Crippen molar-refractivity contribution in [1.29, 1.82) is 0 Å². The van der Waals surface area contributed by atoms with Crippen LogP contribution < -0.4 is 5.63 Å². The predicted molar refractivity (Wildman–Crippen MR) is 96.4 cm³/mol. The molecule has 0 aliphatic heterocycles. The maximum absolute atomic E-state index is 11.9. The molecule has 24 heavy (non-hydrogen) atoms. The molecule has 0 spiro atoms. The summed E-state index contributed by atoms with van der Waals surface area (Å²) < 4.78 is 11.3. The number of hydrogen-bond acceptors (Lipinski definition) is 3. The lowest BCUT2D eigenvalue weighted by Gasteiger charge is -2.07. The van der Waals surface area contributed by atoms with Gasteiger partial charge in [-0.05, 0) is 30.5 Å². The zero-order chi connectivity index (χ0) is 16.7. The third-order valence-electron chi connectivity index (χ3n) is 4.49. The van der Waals surface area contributed by atoms with Crippen molar-refractivity contribution >= 4 is 21.9 Å². The van der Waals surface area contributed by atoms with Gasteiger partial charge in [0.1, 0.15) is 11.2 Å². The Balaban J connectivity index is 2.10. The zero-order valence-corrected chi connectivity index (χ0v) is 13.8. The minimum Gasteiger partial charge on any atom is -0.463 e. The molecule has 3 nitrogen and oxygen atoms in total. The van der Waals surface area contributed by atoms with Crippen LogP contribution in [0, 0.1) is 6.92 Å². The monoisotopic (exact) mass is 318 g/mol. The summed E-state index contributed by atoms with van der Waals surface area (Å²) >= 11 is 0. The Morgan fingerprint density at radius 1 is 1.00 bits per heavy atom. The van der Waals surface area contributed by atoms with Gasteiger partial charge in [-0.1, -0.05) is 43.7 Å². The highest BCUT2D eigenvalue weighted by molar-refractivity contribution is 6.04. The van der Waals surface area contributed by atoms with Crippen LogP contribution in [0.1, 0.15) is 24.5 Å². The smallest absolute Gasteiger partial charge is 0.336 e. The van der Waals surface area contributed by atoms with Crippen molar-refractivity contribution < 1.29 is 8.83 Å². The van der Waals surface area contributed by atoms with E-state index in [9.17, 15) is 4.79 Å². The average Bonchev–Trinajstić information content (AvgIpc) is 3.01. The van der Waals surface area contributed by atoms with Crippen molar-refractivity contribution in [2.24, 2.45) is 0 Å². The van der Waals surface area contributed by atoms with E-state index in [1.807, 2.05) is 25.1 Å². The molecular formula is C21H18O3. The van der Waals surface area contributed by atoms with Gasteiger partial charge in [0, 0.05) is 28.0 Å². The fraction of sp³-hybridized carbons (Fsp3) is 0.190. The van der Waals surface area contributed by atoms with Crippen molar-refractivity contribution in [3.05, 3.63) is 70.3 Å². The van der Waals surface area contributed by atoms with Crippen molar-refractivity contribution in [2.45, 2.75) is 26.7 Å². The summed E-state index contributed by atoms with van der Waals surface area (Å²) in [6.07, 6.45) is 3.61. The van der Waals surface area contributed by atoms with Crippen LogP contribution in [-0.4, -0.2) is 0 Å². The van der Waals surface area contributed by atoms with Crippen LogP contribution in [0.25, 0.3) is 33.1 Å². The topological polar surface area (TPSA) is 43.4 Å². The lowest BCUT2D eigenvalue weighted by Crippen LogP contribution is -2.01. The van der Waals surface area contributed by atoms with Gasteiger partial charge in [-0.3, -0.25) is 0 Å². The van der Waals surface area contributed by atoms with Crippen molar-refractivity contribution in [3.63, 3.8) is 0 Å². The molecule has 0 atom stereocenters. The van der Waals surface area contributed by atoms with E-state index in [4.69, 9.17) is 8.83 Å². The van der Waals surface area contributed by atoms with Crippen molar-refractivity contribution in [2.75, 3.05) is 0 Å². The highest BCUT2D eigenvalue weighted by atomic mass is 16.4. The van der Waals surface area contributed by atoms with Gasteiger partial charge in [-0.25, -0.2) is 4.79 Å². The number of hydrogen-bond donors (Lipinski definition) is 0. The molecule has 120 valence electrons. The molecule has 2 aromatic carbocycles. The fourth-order valence-electron chi connectivity index (χ4n) is 3.35. The first-order chi connectivity index (χ1) is 11.7. The highest BCUT2D eigenvalue weighted by Gasteiger charge is 2.16. The summed E-state index contributed by atoms with van der Waals surface area (Å²) in [7, 11) is 0. The first-order valence-corrected chi connectivity index (χ1v) is 8.22. The standard InChI is InChI=1S/C21H18O3/c1-3-7-15-10-19(22)24-21-13(2)20-17(11-16(15)21)18(12-23-20)14-8-5-4-6-9-14/h4-6,8-12H,3,7H2,1-2H3. The largest absolute Gasteiger partial charge is 0.463 e. The third kappa shape index (κ3) is 2.24. The molecule has 0 aliphatic rings. The van der Waals surface area contributed by atoms with E-state index in [1.54, 1.807) is 12.3 Å². The molecule has 0 amide bonds. The molecule has 0 saturated carbocycles. The first-order valence-electron chi connectivity index (χ1n) is 8.22. The first kappa shape index (κ1) is 14.8. The van der Waals surface area contributed by atoms with Crippen LogP contribution in [-0.2, 0) is 6.42 Å². The normalized spacial score (nSPS) is 11.4. The maximum Gasteiger partial charge on any atom is 0.336 e. The Morgan fingerprint density at radius 2 is 1.79 bits per heavy atom. The molecule has 0 aliphatic carbocycles. The van der Waals surface area contributed by atoms with E-state index in [0.717, 1.165) is 51.5 Å². The summed E-state index contributed by atoms with van der Waals surface area (Å²) in [5.74, 6) is 0. The van der Waals surface area contributed by atoms with Gasteiger partial charge in [0.25, 0.3) is 0 Å². The number of rotatable bonds is 3. The Kier molecular flexibility index (Phi) is 3.49. The Morgan fingerprint density at radius 3 is 2.54 bits per heavy atom. The van der Waals surface area contributed by atoms with Gasteiger partial charge >= 0.3 is 5.63 Å². The minimum atomic E-state index is -0.303. The number of benzene rings is 2. The van der Waals surface area contributed by atoms with Crippen molar-refractivity contribution in [3.8, 4) is 11.1 Å². The molecule has 4 rings (SSSR count). The lowest BCUT2D eigenvalue weighted by molar-refractivity contribution is 0.554. The highest BCUT2D eigenvalue weighted by Crippen LogP contribution is 2.36. The van der Waals surface area contributed by atoms with E-state index in [1.165, 1.54) is 0 Å². The molecule has 0 unspecified atom stereocenters. The third-order valence-corrected chi connectivity index (χ3v) is 4.49. The SMILES string of the molecule is CCCc1cc(=O)oc2c(C)c3occ(-c4ccccc4)c3cc12. The van der Waals surface area contributed by atoms with Gasteiger partial charge in [0.05, 0.1) is 6.26 Å². The summed E-state index contributed by atoms with van der Waals surface area (Å²) in [4.78, 5) is 11.9. The maximum atomic E-state index is 11.9. The van der Waals surface area contributed by atoms with Gasteiger partial charge < -0.3 is 8.83 Å². The van der Waals surface area contributed by atoms with Crippen LogP contribution in [0.2, 0.25) is 0 Å². The second kappa shape index (κ2) is 5.68. The second-order valence-electron chi connectivity index (χ2n) is 6.11.